The summed E-state index contributed by atoms with van der Waals surface area (Å²) in [5.74, 6) is 1.25. The molecule has 0 saturated carbocycles. The molecule has 2 aromatic heterocycles. The van der Waals surface area contributed by atoms with Crippen LogP contribution in [0.1, 0.15) is 34.9 Å². The molecule has 1 atom stereocenters. The summed E-state index contributed by atoms with van der Waals surface area (Å²) in [5, 5.41) is 13.8. The van der Waals surface area contributed by atoms with Crippen LogP contribution < -0.4 is 10.1 Å². The highest BCUT2D eigenvalue weighted by molar-refractivity contribution is 5.93. The number of carbonyl (C=O) groups is 1. The third kappa shape index (κ3) is 4.07. The van der Waals surface area contributed by atoms with Crippen molar-refractivity contribution in [1.82, 2.24) is 25.7 Å². The SMILES string of the molecule is COc1ccc(-c2cc(C(=O)NC(C)c3nc(-c4cccc(C)c4)no3)[nH]n2)cc1. The van der Waals surface area contributed by atoms with Gasteiger partial charge in [-0.25, -0.2) is 0 Å². The summed E-state index contributed by atoms with van der Waals surface area (Å²) in [6, 6.07) is 16.5. The van der Waals surface area contributed by atoms with Crippen LogP contribution in [0.5, 0.6) is 5.75 Å². The van der Waals surface area contributed by atoms with Gasteiger partial charge in [0.05, 0.1) is 12.8 Å². The molecular weight excluding hydrogens is 382 g/mol. The molecule has 8 heteroatoms. The van der Waals surface area contributed by atoms with E-state index in [1.807, 2.05) is 55.5 Å². The van der Waals surface area contributed by atoms with Gasteiger partial charge in [-0.1, -0.05) is 28.9 Å². The molecule has 0 radical (unpaired) electrons. The van der Waals surface area contributed by atoms with E-state index in [9.17, 15) is 4.79 Å². The lowest BCUT2D eigenvalue weighted by atomic mass is 10.1. The number of hydrogen-bond acceptors (Lipinski definition) is 6. The zero-order valence-electron chi connectivity index (χ0n) is 16.8. The Morgan fingerprint density at radius 2 is 1.93 bits per heavy atom. The normalized spacial score (nSPS) is 11.8. The van der Waals surface area contributed by atoms with Crippen LogP contribution >= 0.6 is 0 Å². The van der Waals surface area contributed by atoms with Gasteiger partial charge in [0.1, 0.15) is 17.5 Å². The smallest absolute Gasteiger partial charge is 0.269 e. The Bertz CT molecular complexity index is 1160. The van der Waals surface area contributed by atoms with E-state index in [0.717, 1.165) is 22.4 Å². The Morgan fingerprint density at radius 1 is 1.13 bits per heavy atom. The minimum absolute atomic E-state index is 0.315. The quantitative estimate of drug-likeness (QED) is 0.505. The average Bonchev–Trinajstić information content (AvgIpc) is 3.44. The van der Waals surface area contributed by atoms with Crippen molar-refractivity contribution in [2.24, 2.45) is 0 Å². The highest BCUT2D eigenvalue weighted by Crippen LogP contribution is 2.22. The van der Waals surface area contributed by atoms with E-state index < -0.39 is 6.04 Å². The maximum absolute atomic E-state index is 12.6. The maximum atomic E-state index is 12.6. The predicted molar refractivity (Wildman–Crippen MR) is 111 cm³/mol. The number of ether oxygens (including phenoxy) is 1. The predicted octanol–water partition coefficient (Wildman–Crippen LogP) is 3.93. The van der Waals surface area contributed by atoms with Crippen LogP contribution in [-0.4, -0.2) is 33.4 Å². The Kier molecular flexibility index (Phi) is 5.30. The third-order valence-corrected chi connectivity index (χ3v) is 4.64. The minimum atomic E-state index is -0.462. The third-order valence-electron chi connectivity index (χ3n) is 4.64. The standard InChI is InChI=1S/C22H21N5O3/c1-13-5-4-6-16(11-13)20-24-22(30-27-20)14(2)23-21(28)19-12-18(25-26-19)15-7-9-17(29-3)10-8-15/h4-12,14H,1-3H3,(H,23,28)(H,25,26). The highest BCUT2D eigenvalue weighted by atomic mass is 16.5. The highest BCUT2D eigenvalue weighted by Gasteiger charge is 2.19. The van der Waals surface area contributed by atoms with E-state index in [0.29, 0.717) is 23.1 Å². The molecule has 4 rings (SSSR count). The minimum Gasteiger partial charge on any atom is -0.497 e. The number of methoxy groups -OCH3 is 1. The van der Waals surface area contributed by atoms with Crippen LogP contribution in [0.25, 0.3) is 22.6 Å². The van der Waals surface area contributed by atoms with Gasteiger partial charge < -0.3 is 14.6 Å². The summed E-state index contributed by atoms with van der Waals surface area (Å²) in [6.07, 6.45) is 0. The van der Waals surface area contributed by atoms with Crippen molar-refractivity contribution in [2.45, 2.75) is 19.9 Å². The van der Waals surface area contributed by atoms with Gasteiger partial charge in [-0.2, -0.15) is 10.1 Å². The van der Waals surface area contributed by atoms with Crippen molar-refractivity contribution in [1.29, 1.82) is 0 Å². The fourth-order valence-corrected chi connectivity index (χ4v) is 3.00. The largest absolute Gasteiger partial charge is 0.497 e. The van der Waals surface area contributed by atoms with Crippen molar-refractivity contribution < 1.29 is 14.1 Å². The molecule has 1 amide bonds. The summed E-state index contributed by atoms with van der Waals surface area (Å²) in [4.78, 5) is 17.0. The Balaban J connectivity index is 1.44. The van der Waals surface area contributed by atoms with Gasteiger partial charge in [0, 0.05) is 11.1 Å². The monoisotopic (exact) mass is 403 g/mol. The molecular formula is C22H21N5O3. The first-order chi connectivity index (χ1) is 14.5. The molecule has 8 nitrogen and oxygen atoms in total. The molecule has 0 saturated heterocycles. The van der Waals surface area contributed by atoms with E-state index in [4.69, 9.17) is 9.26 Å². The summed E-state index contributed by atoms with van der Waals surface area (Å²) >= 11 is 0. The van der Waals surface area contributed by atoms with Crippen molar-refractivity contribution in [3.05, 3.63) is 71.7 Å². The molecule has 4 aromatic rings. The number of aromatic amines is 1. The molecule has 0 aliphatic carbocycles. The van der Waals surface area contributed by atoms with Crippen LogP contribution in [0.3, 0.4) is 0 Å². The lowest BCUT2D eigenvalue weighted by Gasteiger charge is -2.07. The second-order valence-corrected chi connectivity index (χ2v) is 6.92. The number of aryl methyl sites for hydroxylation is 1. The van der Waals surface area contributed by atoms with Gasteiger partial charge in [0.25, 0.3) is 5.91 Å². The molecule has 2 heterocycles. The number of nitrogens with one attached hydrogen (secondary N) is 2. The van der Waals surface area contributed by atoms with E-state index in [1.165, 1.54) is 0 Å². The van der Waals surface area contributed by atoms with E-state index in [2.05, 4.69) is 25.7 Å². The van der Waals surface area contributed by atoms with Gasteiger partial charge >= 0.3 is 0 Å². The number of H-pyrrole nitrogens is 1. The molecule has 30 heavy (non-hydrogen) atoms. The molecule has 0 fully saturated rings. The summed E-state index contributed by atoms with van der Waals surface area (Å²) in [7, 11) is 1.61. The summed E-state index contributed by atoms with van der Waals surface area (Å²) in [5.41, 5.74) is 3.84. The van der Waals surface area contributed by atoms with Crippen LogP contribution in [0, 0.1) is 6.92 Å². The number of rotatable bonds is 6. The first-order valence-corrected chi connectivity index (χ1v) is 9.45. The molecule has 1 unspecified atom stereocenters. The zero-order valence-corrected chi connectivity index (χ0v) is 16.8. The Hall–Kier alpha value is -3.94. The number of nitrogens with zero attached hydrogens (tertiary/aromatic N) is 3. The van der Waals surface area contributed by atoms with Gasteiger partial charge in [-0.3, -0.25) is 9.89 Å². The van der Waals surface area contributed by atoms with Gasteiger partial charge in [0.15, 0.2) is 0 Å². The fraction of sp³-hybridized carbons (Fsp3) is 0.182. The van der Waals surface area contributed by atoms with Crippen LogP contribution in [0.2, 0.25) is 0 Å². The Labute approximate surface area is 173 Å². The Morgan fingerprint density at radius 3 is 2.67 bits per heavy atom. The van der Waals surface area contributed by atoms with Crippen molar-refractivity contribution >= 4 is 5.91 Å². The molecule has 2 aromatic carbocycles. The number of aromatic nitrogens is 4. The number of carbonyl (C=O) groups excluding carboxylic acids is 1. The molecule has 0 aliphatic heterocycles. The van der Waals surface area contributed by atoms with Crippen LogP contribution in [0.4, 0.5) is 0 Å². The molecule has 152 valence electrons. The molecule has 0 bridgehead atoms. The molecule has 0 aliphatic rings. The number of amides is 1. The van der Waals surface area contributed by atoms with Crippen molar-refractivity contribution in [3.63, 3.8) is 0 Å². The van der Waals surface area contributed by atoms with E-state index in [-0.39, 0.29) is 5.91 Å². The molecule has 2 N–H and O–H groups in total. The van der Waals surface area contributed by atoms with Crippen LogP contribution in [-0.2, 0) is 0 Å². The summed E-state index contributed by atoms with van der Waals surface area (Å²) < 4.78 is 10.5. The first-order valence-electron chi connectivity index (χ1n) is 9.45. The zero-order chi connectivity index (χ0) is 21.1. The topological polar surface area (TPSA) is 106 Å². The molecule has 0 spiro atoms. The van der Waals surface area contributed by atoms with Crippen molar-refractivity contribution in [3.8, 4) is 28.4 Å². The number of hydrogen-bond donors (Lipinski definition) is 2. The average molecular weight is 403 g/mol. The lowest BCUT2D eigenvalue weighted by Crippen LogP contribution is -2.27. The first kappa shape index (κ1) is 19.4. The fourth-order valence-electron chi connectivity index (χ4n) is 3.00. The van der Waals surface area contributed by atoms with Gasteiger partial charge in [-0.05, 0) is 50.2 Å². The lowest BCUT2D eigenvalue weighted by molar-refractivity contribution is 0.0927. The van der Waals surface area contributed by atoms with Gasteiger partial charge in [-0.15, -0.1) is 0 Å². The maximum Gasteiger partial charge on any atom is 0.269 e. The summed E-state index contributed by atoms with van der Waals surface area (Å²) in [6.45, 7) is 3.78. The number of benzene rings is 2. The second kappa shape index (κ2) is 8.20. The van der Waals surface area contributed by atoms with Crippen LogP contribution in [0.15, 0.2) is 59.1 Å². The van der Waals surface area contributed by atoms with Crippen molar-refractivity contribution in [2.75, 3.05) is 7.11 Å². The second-order valence-electron chi connectivity index (χ2n) is 6.92. The van der Waals surface area contributed by atoms with E-state index in [1.54, 1.807) is 20.1 Å². The van der Waals surface area contributed by atoms with E-state index >= 15 is 0 Å². The van der Waals surface area contributed by atoms with Gasteiger partial charge in [0.2, 0.25) is 11.7 Å².